The Bertz CT molecular complexity index is 749. The number of aromatic amines is 2. The van der Waals surface area contributed by atoms with Crippen LogP contribution in [-0.4, -0.2) is 21.5 Å². The fourth-order valence-corrected chi connectivity index (χ4v) is 2.26. The molecule has 0 bridgehead atoms. The summed E-state index contributed by atoms with van der Waals surface area (Å²) in [4.78, 5) is 29.9. The molecule has 0 atom stereocenters. The zero-order valence-electron chi connectivity index (χ0n) is 8.94. The van der Waals surface area contributed by atoms with Crippen molar-refractivity contribution >= 4 is 36.0 Å². The van der Waals surface area contributed by atoms with E-state index in [1.807, 2.05) is 0 Å². The molecular weight excluding hydrogens is 268 g/mol. The highest BCUT2D eigenvalue weighted by atomic mass is 32.1. The SMILES string of the molecule is O=C1c2ccccc2C(=O)c2[nH]c(=S)c(=S)[nH]c21. The third-order valence-corrected chi connectivity index (χ3v) is 3.55. The molecule has 4 nitrogen and oxygen atoms in total. The van der Waals surface area contributed by atoms with E-state index in [4.69, 9.17) is 24.4 Å². The van der Waals surface area contributed by atoms with E-state index in [0.717, 1.165) is 0 Å². The molecule has 1 aromatic heterocycles. The lowest BCUT2D eigenvalue weighted by Gasteiger charge is -2.16. The number of aromatic nitrogens is 2. The zero-order chi connectivity index (χ0) is 12.9. The van der Waals surface area contributed by atoms with E-state index < -0.39 is 0 Å². The van der Waals surface area contributed by atoms with Gasteiger partial charge in [0.2, 0.25) is 11.6 Å². The van der Waals surface area contributed by atoms with Crippen molar-refractivity contribution in [1.29, 1.82) is 0 Å². The predicted molar refractivity (Wildman–Crippen MR) is 70.1 cm³/mol. The van der Waals surface area contributed by atoms with Crippen LogP contribution >= 0.6 is 24.4 Å². The van der Waals surface area contributed by atoms with Crippen molar-refractivity contribution in [2.75, 3.05) is 0 Å². The Labute approximate surface area is 112 Å². The molecule has 3 rings (SSSR count). The molecule has 18 heavy (non-hydrogen) atoms. The van der Waals surface area contributed by atoms with Gasteiger partial charge in [0.25, 0.3) is 0 Å². The zero-order valence-corrected chi connectivity index (χ0v) is 10.6. The lowest BCUT2D eigenvalue weighted by Crippen LogP contribution is -2.23. The first-order chi connectivity index (χ1) is 8.59. The second kappa shape index (κ2) is 3.79. The molecule has 6 heteroatoms. The third kappa shape index (κ3) is 1.43. The Hall–Kier alpha value is -1.92. The molecule has 0 saturated heterocycles. The van der Waals surface area contributed by atoms with Crippen LogP contribution < -0.4 is 0 Å². The summed E-state index contributed by atoms with van der Waals surface area (Å²) >= 11 is 9.95. The quantitative estimate of drug-likeness (QED) is 0.618. The lowest BCUT2D eigenvalue weighted by atomic mass is 9.90. The van der Waals surface area contributed by atoms with Crippen molar-refractivity contribution in [2.24, 2.45) is 0 Å². The van der Waals surface area contributed by atoms with Gasteiger partial charge in [0.05, 0.1) is 0 Å². The van der Waals surface area contributed by atoms with Gasteiger partial charge in [-0.25, -0.2) is 0 Å². The van der Waals surface area contributed by atoms with Crippen molar-refractivity contribution in [3.63, 3.8) is 0 Å². The van der Waals surface area contributed by atoms with E-state index in [9.17, 15) is 9.59 Å². The molecule has 0 saturated carbocycles. The van der Waals surface area contributed by atoms with Crippen LogP contribution in [0.25, 0.3) is 0 Å². The predicted octanol–water partition coefficient (Wildman–Crippen LogP) is 2.58. The second-order valence-electron chi connectivity index (χ2n) is 3.86. The Balaban J connectivity index is 2.41. The molecule has 0 aliphatic heterocycles. The highest BCUT2D eigenvalue weighted by molar-refractivity contribution is 7.73. The summed E-state index contributed by atoms with van der Waals surface area (Å²) in [6, 6.07) is 6.68. The highest BCUT2D eigenvalue weighted by Crippen LogP contribution is 2.24. The topological polar surface area (TPSA) is 65.7 Å². The van der Waals surface area contributed by atoms with Gasteiger partial charge in [0.15, 0.2) is 0 Å². The van der Waals surface area contributed by atoms with E-state index in [1.54, 1.807) is 24.3 Å². The van der Waals surface area contributed by atoms with Gasteiger partial charge in [-0.05, 0) is 0 Å². The Morgan fingerprint density at radius 1 is 0.778 bits per heavy atom. The van der Waals surface area contributed by atoms with Gasteiger partial charge in [-0.3, -0.25) is 9.59 Å². The van der Waals surface area contributed by atoms with Crippen LogP contribution in [0.2, 0.25) is 0 Å². The number of H-pyrrole nitrogens is 2. The summed E-state index contributed by atoms with van der Waals surface area (Å²) in [5.41, 5.74) is 1.12. The van der Waals surface area contributed by atoms with E-state index >= 15 is 0 Å². The largest absolute Gasteiger partial charge is 0.339 e. The number of hydrogen-bond acceptors (Lipinski definition) is 4. The average molecular weight is 274 g/mol. The van der Waals surface area contributed by atoms with E-state index in [-0.39, 0.29) is 32.2 Å². The Morgan fingerprint density at radius 2 is 1.17 bits per heavy atom. The number of hydrogen-bond donors (Lipinski definition) is 2. The van der Waals surface area contributed by atoms with Crippen molar-refractivity contribution in [3.05, 3.63) is 56.1 Å². The van der Waals surface area contributed by atoms with Gasteiger partial charge >= 0.3 is 0 Å². The molecule has 1 heterocycles. The molecule has 0 spiro atoms. The normalized spacial score (nSPS) is 13.1. The van der Waals surface area contributed by atoms with Crippen LogP contribution in [0, 0.1) is 9.28 Å². The van der Waals surface area contributed by atoms with Gasteiger partial charge in [0, 0.05) is 11.1 Å². The van der Waals surface area contributed by atoms with Gasteiger partial charge in [-0.15, -0.1) is 0 Å². The van der Waals surface area contributed by atoms with Gasteiger partial charge in [0.1, 0.15) is 20.7 Å². The van der Waals surface area contributed by atoms with Crippen molar-refractivity contribution < 1.29 is 9.59 Å². The van der Waals surface area contributed by atoms with Crippen LogP contribution in [0.3, 0.4) is 0 Å². The van der Waals surface area contributed by atoms with Crippen molar-refractivity contribution in [1.82, 2.24) is 9.97 Å². The first kappa shape index (κ1) is 11.2. The maximum atomic E-state index is 12.2. The molecule has 0 unspecified atom stereocenters. The van der Waals surface area contributed by atoms with Gasteiger partial charge in [-0.1, -0.05) is 48.7 Å². The smallest absolute Gasteiger partial charge is 0.212 e. The van der Waals surface area contributed by atoms with Gasteiger partial charge < -0.3 is 9.97 Å². The highest BCUT2D eigenvalue weighted by Gasteiger charge is 2.30. The van der Waals surface area contributed by atoms with E-state index in [0.29, 0.717) is 11.1 Å². The van der Waals surface area contributed by atoms with Crippen LogP contribution in [0.5, 0.6) is 0 Å². The monoisotopic (exact) mass is 274 g/mol. The Kier molecular flexibility index (Phi) is 2.36. The van der Waals surface area contributed by atoms with Gasteiger partial charge in [-0.2, -0.15) is 0 Å². The molecule has 2 N–H and O–H groups in total. The minimum atomic E-state index is -0.252. The number of fused-ring (bicyclic) bond motifs is 2. The molecule has 2 aromatic rings. The molecule has 0 amide bonds. The maximum absolute atomic E-state index is 12.2. The number of carbonyl (C=O) groups excluding carboxylic acids is 2. The van der Waals surface area contributed by atoms with Crippen LogP contribution in [-0.2, 0) is 0 Å². The molecular formula is C12H6N2O2S2. The number of benzene rings is 1. The van der Waals surface area contributed by atoms with Crippen molar-refractivity contribution in [3.8, 4) is 0 Å². The molecule has 0 fully saturated rings. The summed E-state index contributed by atoms with van der Waals surface area (Å²) in [7, 11) is 0. The standard InChI is InChI=1S/C12H6N2O2S2/c15-9-5-3-1-2-4-6(5)10(16)8-7(9)13-11(17)12(18)14-8/h1-4H,(H,13,17)(H,14,18). The average Bonchev–Trinajstić information content (AvgIpc) is 2.38. The number of rotatable bonds is 0. The molecule has 1 aliphatic carbocycles. The maximum Gasteiger partial charge on any atom is 0.212 e. The first-order valence-electron chi connectivity index (χ1n) is 5.14. The first-order valence-corrected chi connectivity index (χ1v) is 5.96. The van der Waals surface area contributed by atoms with E-state index in [1.165, 1.54) is 0 Å². The fraction of sp³-hybridized carbons (Fsp3) is 0. The van der Waals surface area contributed by atoms with Crippen LogP contribution in [0.15, 0.2) is 24.3 Å². The molecule has 1 aromatic carbocycles. The molecule has 88 valence electrons. The Morgan fingerprint density at radius 3 is 1.56 bits per heavy atom. The number of nitrogens with one attached hydrogen (secondary N) is 2. The second-order valence-corrected chi connectivity index (χ2v) is 4.68. The fourth-order valence-electron chi connectivity index (χ4n) is 1.95. The van der Waals surface area contributed by atoms with Crippen LogP contribution in [0.4, 0.5) is 0 Å². The summed E-state index contributed by atoms with van der Waals surface area (Å²) < 4.78 is 0.508. The summed E-state index contributed by atoms with van der Waals surface area (Å²) in [5.74, 6) is -0.505. The van der Waals surface area contributed by atoms with E-state index in [2.05, 4.69) is 9.97 Å². The third-order valence-electron chi connectivity index (χ3n) is 2.80. The molecule has 0 radical (unpaired) electrons. The minimum absolute atomic E-state index is 0.178. The minimum Gasteiger partial charge on any atom is -0.339 e. The summed E-state index contributed by atoms with van der Waals surface area (Å²) in [6.45, 7) is 0. The molecule has 1 aliphatic rings. The summed E-state index contributed by atoms with van der Waals surface area (Å²) in [6.07, 6.45) is 0. The number of ketones is 2. The van der Waals surface area contributed by atoms with Crippen LogP contribution in [0.1, 0.15) is 32.1 Å². The summed E-state index contributed by atoms with van der Waals surface area (Å²) in [5, 5.41) is 0. The lowest BCUT2D eigenvalue weighted by molar-refractivity contribution is 0.0971. The number of carbonyl (C=O) groups is 2. The van der Waals surface area contributed by atoms with Crippen molar-refractivity contribution in [2.45, 2.75) is 0 Å².